The first kappa shape index (κ1) is 15.0. The summed E-state index contributed by atoms with van der Waals surface area (Å²) in [4.78, 5) is 12.2. The molecule has 0 aromatic heterocycles. The van der Waals surface area contributed by atoms with Gasteiger partial charge in [0.05, 0.1) is 5.92 Å². The largest absolute Gasteiger partial charge is 0.353 e. The lowest BCUT2D eigenvalue weighted by Gasteiger charge is -2.28. The van der Waals surface area contributed by atoms with E-state index in [-0.39, 0.29) is 17.9 Å². The predicted octanol–water partition coefficient (Wildman–Crippen LogP) is 2.51. The van der Waals surface area contributed by atoms with Crippen LogP contribution in [0.3, 0.4) is 0 Å². The van der Waals surface area contributed by atoms with Crippen molar-refractivity contribution >= 4 is 5.91 Å². The lowest BCUT2D eigenvalue weighted by molar-refractivity contribution is -0.126. The number of hydrogen-bond acceptors (Lipinski definition) is 2. The Labute approximate surface area is 122 Å². The summed E-state index contributed by atoms with van der Waals surface area (Å²) in [6, 6.07) is 11.2. The van der Waals surface area contributed by atoms with E-state index in [4.69, 9.17) is 0 Å². The van der Waals surface area contributed by atoms with Gasteiger partial charge in [-0.15, -0.1) is 0 Å². The summed E-state index contributed by atoms with van der Waals surface area (Å²) in [6.45, 7) is 5.09. The summed E-state index contributed by atoms with van der Waals surface area (Å²) < 4.78 is 0. The molecule has 3 heteroatoms. The smallest absolute Gasteiger partial charge is 0.224 e. The lowest BCUT2D eigenvalue weighted by Crippen LogP contribution is -2.46. The molecule has 3 atom stereocenters. The minimum atomic E-state index is 0.144. The average molecular weight is 274 g/mol. The van der Waals surface area contributed by atoms with Crippen LogP contribution in [0.1, 0.15) is 38.7 Å². The second-order valence-electron chi connectivity index (χ2n) is 6.02. The van der Waals surface area contributed by atoms with E-state index in [9.17, 15) is 4.79 Å². The molecule has 2 rings (SSSR count). The molecule has 3 nitrogen and oxygen atoms in total. The van der Waals surface area contributed by atoms with Crippen molar-refractivity contribution in [2.45, 2.75) is 51.6 Å². The molecule has 1 saturated heterocycles. The van der Waals surface area contributed by atoms with Crippen molar-refractivity contribution in [3.63, 3.8) is 0 Å². The monoisotopic (exact) mass is 274 g/mol. The molecule has 1 aliphatic rings. The normalized spacial score (nSPS) is 24.1. The number of aryl methyl sites for hydroxylation is 1. The summed E-state index contributed by atoms with van der Waals surface area (Å²) in [6.07, 6.45) is 4.11. The van der Waals surface area contributed by atoms with Gasteiger partial charge >= 0.3 is 0 Å². The maximum absolute atomic E-state index is 12.2. The van der Waals surface area contributed by atoms with Gasteiger partial charge in [-0.2, -0.15) is 0 Å². The minimum Gasteiger partial charge on any atom is -0.353 e. The van der Waals surface area contributed by atoms with Gasteiger partial charge < -0.3 is 10.6 Å². The van der Waals surface area contributed by atoms with Crippen LogP contribution in [-0.2, 0) is 11.2 Å². The molecule has 1 aromatic rings. The van der Waals surface area contributed by atoms with Gasteiger partial charge in [0, 0.05) is 18.6 Å². The Morgan fingerprint density at radius 2 is 2.10 bits per heavy atom. The van der Waals surface area contributed by atoms with Crippen LogP contribution in [0.4, 0.5) is 0 Å². The summed E-state index contributed by atoms with van der Waals surface area (Å²) >= 11 is 0. The molecule has 20 heavy (non-hydrogen) atoms. The fourth-order valence-electron chi connectivity index (χ4n) is 2.68. The molecule has 1 heterocycles. The molecule has 0 saturated carbocycles. The third-order valence-corrected chi connectivity index (χ3v) is 4.13. The first-order valence-electron chi connectivity index (χ1n) is 7.73. The first-order chi connectivity index (χ1) is 9.65. The number of carbonyl (C=O) groups is 1. The molecule has 110 valence electrons. The number of amides is 1. The maximum Gasteiger partial charge on any atom is 0.224 e. The number of benzene rings is 1. The second kappa shape index (κ2) is 7.44. The summed E-state index contributed by atoms with van der Waals surface area (Å²) in [5, 5.41) is 6.54. The van der Waals surface area contributed by atoms with Crippen LogP contribution in [0.5, 0.6) is 0 Å². The van der Waals surface area contributed by atoms with Crippen molar-refractivity contribution in [3.8, 4) is 0 Å². The van der Waals surface area contributed by atoms with Crippen molar-refractivity contribution in [2.75, 3.05) is 6.54 Å². The predicted molar refractivity (Wildman–Crippen MR) is 82.6 cm³/mol. The molecule has 0 bridgehead atoms. The quantitative estimate of drug-likeness (QED) is 0.866. The molecular formula is C17H26N2O. The summed E-state index contributed by atoms with van der Waals surface area (Å²) in [5.41, 5.74) is 1.33. The highest BCUT2D eigenvalue weighted by atomic mass is 16.1. The van der Waals surface area contributed by atoms with Crippen molar-refractivity contribution in [1.82, 2.24) is 10.6 Å². The summed E-state index contributed by atoms with van der Waals surface area (Å²) in [7, 11) is 0. The van der Waals surface area contributed by atoms with E-state index in [1.807, 2.05) is 6.07 Å². The Kier molecular flexibility index (Phi) is 5.60. The molecule has 0 spiro atoms. The molecule has 0 aliphatic carbocycles. The Morgan fingerprint density at radius 1 is 1.35 bits per heavy atom. The first-order valence-corrected chi connectivity index (χ1v) is 7.73. The number of nitrogens with one attached hydrogen (secondary N) is 2. The maximum atomic E-state index is 12.2. The van der Waals surface area contributed by atoms with Crippen LogP contribution in [-0.4, -0.2) is 24.5 Å². The average Bonchev–Trinajstić information content (AvgIpc) is 2.47. The highest BCUT2D eigenvalue weighted by molar-refractivity contribution is 5.79. The highest BCUT2D eigenvalue weighted by Crippen LogP contribution is 2.14. The van der Waals surface area contributed by atoms with Gasteiger partial charge in [-0.1, -0.05) is 30.3 Å². The van der Waals surface area contributed by atoms with E-state index in [1.165, 1.54) is 5.56 Å². The topological polar surface area (TPSA) is 41.1 Å². The standard InChI is InChI=1S/C17H26N2O/c1-13-9-11-16(12-18-13)17(20)19-14(2)8-10-15-6-4-3-5-7-15/h3-7,13-14,16,18H,8-12H2,1-2H3,(H,19,20). The molecule has 1 fully saturated rings. The molecule has 0 radical (unpaired) electrons. The van der Waals surface area contributed by atoms with Gasteiger partial charge in [0.15, 0.2) is 0 Å². The van der Waals surface area contributed by atoms with E-state index < -0.39 is 0 Å². The lowest BCUT2D eigenvalue weighted by atomic mass is 9.94. The third kappa shape index (κ3) is 4.64. The van der Waals surface area contributed by atoms with Crippen LogP contribution < -0.4 is 10.6 Å². The number of hydrogen-bond donors (Lipinski definition) is 2. The molecular weight excluding hydrogens is 248 g/mol. The Bertz CT molecular complexity index is 410. The zero-order valence-corrected chi connectivity index (χ0v) is 12.6. The van der Waals surface area contributed by atoms with Gasteiger partial charge in [-0.05, 0) is 45.1 Å². The molecule has 3 unspecified atom stereocenters. The second-order valence-corrected chi connectivity index (χ2v) is 6.02. The van der Waals surface area contributed by atoms with Gasteiger partial charge in [-0.25, -0.2) is 0 Å². The van der Waals surface area contributed by atoms with Gasteiger partial charge in [0.25, 0.3) is 0 Å². The van der Waals surface area contributed by atoms with Gasteiger partial charge in [0.2, 0.25) is 5.91 Å². The molecule has 1 aromatic carbocycles. The highest BCUT2D eigenvalue weighted by Gasteiger charge is 2.24. The zero-order valence-electron chi connectivity index (χ0n) is 12.6. The van der Waals surface area contributed by atoms with Crippen molar-refractivity contribution < 1.29 is 4.79 Å². The van der Waals surface area contributed by atoms with Crippen molar-refractivity contribution in [3.05, 3.63) is 35.9 Å². The number of carbonyl (C=O) groups excluding carboxylic acids is 1. The Balaban J connectivity index is 1.71. The number of piperidine rings is 1. The van der Waals surface area contributed by atoms with Crippen LogP contribution in [0.2, 0.25) is 0 Å². The summed E-state index contributed by atoms with van der Waals surface area (Å²) in [5.74, 6) is 0.357. The van der Waals surface area contributed by atoms with Crippen molar-refractivity contribution in [1.29, 1.82) is 0 Å². The van der Waals surface area contributed by atoms with Crippen LogP contribution in [0.15, 0.2) is 30.3 Å². The Hall–Kier alpha value is -1.35. The van der Waals surface area contributed by atoms with E-state index in [0.717, 1.165) is 32.2 Å². The molecule has 1 amide bonds. The zero-order chi connectivity index (χ0) is 14.4. The van der Waals surface area contributed by atoms with Crippen LogP contribution in [0, 0.1) is 5.92 Å². The van der Waals surface area contributed by atoms with E-state index in [2.05, 4.69) is 48.7 Å². The molecule has 1 aliphatic heterocycles. The third-order valence-electron chi connectivity index (χ3n) is 4.13. The fraction of sp³-hybridized carbons (Fsp3) is 0.588. The van der Waals surface area contributed by atoms with Gasteiger partial charge in [0.1, 0.15) is 0 Å². The SMILES string of the molecule is CC1CCC(C(=O)NC(C)CCc2ccccc2)CN1. The van der Waals surface area contributed by atoms with E-state index in [0.29, 0.717) is 6.04 Å². The Morgan fingerprint density at radius 3 is 2.75 bits per heavy atom. The van der Waals surface area contributed by atoms with Crippen LogP contribution >= 0.6 is 0 Å². The van der Waals surface area contributed by atoms with E-state index in [1.54, 1.807) is 0 Å². The van der Waals surface area contributed by atoms with Crippen molar-refractivity contribution in [2.24, 2.45) is 5.92 Å². The minimum absolute atomic E-state index is 0.144. The molecule has 2 N–H and O–H groups in total. The number of rotatable bonds is 5. The fourth-order valence-corrected chi connectivity index (χ4v) is 2.68. The van der Waals surface area contributed by atoms with Crippen LogP contribution in [0.25, 0.3) is 0 Å². The van der Waals surface area contributed by atoms with E-state index >= 15 is 0 Å². The van der Waals surface area contributed by atoms with Gasteiger partial charge in [-0.3, -0.25) is 4.79 Å².